The maximum absolute atomic E-state index is 12.5. The summed E-state index contributed by atoms with van der Waals surface area (Å²) in [5.74, 6) is 2.46. The van der Waals surface area contributed by atoms with Crippen molar-refractivity contribution in [3.8, 4) is 5.75 Å². The summed E-state index contributed by atoms with van der Waals surface area (Å²) in [5.41, 5.74) is 1.30. The van der Waals surface area contributed by atoms with Crippen LogP contribution in [-0.2, 0) is 4.79 Å². The molecule has 3 unspecified atom stereocenters. The highest BCUT2D eigenvalue weighted by atomic mass is 16.5. The Bertz CT molecular complexity index is 600. The summed E-state index contributed by atoms with van der Waals surface area (Å²) in [5, 5.41) is 2.80. The van der Waals surface area contributed by atoms with Crippen molar-refractivity contribution >= 4 is 17.4 Å². The van der Waals surface area contributed by atoms with Crippen molar-refractivity contribution in [2.24, 2.45) is 17.8 Å². The van der Waals surface area contributed by atoms with E-state index in [0.29, 0.717) is 17.0 Å². The zero-order valence-electron chi connectivity index (χ0n) is 11.4. The number of ether oxygens (including phenoxy) is 1. The van der Waals surface area contributed by atoms with Gasteiger partial charge in [-0.15, -0.1) is 0 Å². The van der Waals surface area contributed by atoms with E-state index in [1.165, 1.54) is 6.42 Å². The Morgan fingerprint density at radius 1 is 1.25 bits per heavy atom. The molecule has 3 atom stereocenters. The lowest BCUT2D eigenvalue weighted by atomic mass is 9.93. The standard InChI is InChI=1S/C16H17NO3/c1-8-16(19)17-13-7-9(2-3-14(13)20-8)15(18)12-5-10-4-11(10)6-12/h2-3,7-8,10-12H,4-6H2,1H3,(H,17,19). The first kappa shape index (κ1) is 11.9. The molecule has 1 aromatic rings. The number of Topliss-reactive ketones (excluding diaryl/α,β-unsaturated/α-hetero) is 1. The predicted octanol–water partition coefficient (Wildman–Crippen LogP) is 2.63. The van der Waals surface area contributed by atoms with Gasteiger partial charge in [-0.05, 0) is 56.2 Å². The van der Waals surface area contributed by atoms with Crippen LogP contribution in [0.25, 0.3) is 0 Å². The van der Waals surface area contributed by atoms with Gasteiger partial charge in [-0.2, -0.15) is 0 Å². The highest BCUT2D eigenvalue weighted by molar-refractivity contribution is 6.02. The first-order valence-corrected chi connectivity index (χ1v) is 7.27. The Balaban J connectivity index is 1.58. The molecule has 20 heavy (non-hydrogen) atoms. The number of ketones is 1. The van der Waals surface area contributed by atoms with E-state index in [0.717, 1.165) is 24.7 Å². The topological polar surface area (TPSA) is 55.4 Å². The molecule has 2 aliphatic carbocycles. The van der Waals surface area contributed by atoms with Gasteiger partial charge in [-0.3, -0.25) is 9.59 Å². The van der Waals surface area contributed by atoms with Crippen LogP contribution in [0, 0.1) is 17.8 Å². The third-order valence-corrected chi connectivity index (χ3v) is 4.81. The minimum absolute atomic E-state index is 0.163. The van der Waals surface area contributed by atoms with E-state index < -0.39 is 6.10 Å². The molecule has 4 rings (SSSR count). The lowest BCUT2D eigenvalue weighted by molar-refractivity contribution is -0.122. The second-order valence-electron chi connectivity index (χ2n) is 6.25. The largest absolute Gasteiger partial charge is 0.479 e. The molecule has 1 aliphatic heterocycles. The second-order valence-corrected chi connectivity index (χ2v) is 6.25. The van der Waals surface area contributed by atoms with Gasteiger partial charge in [0.1, 0.15) is 5.75 Å². The van der Waals surface area contributed by atoms with Crippen LogP contribution in [0.15, 0.2) is 18.2 Å². The van der Waals surface area contributed by atoms with E-state index in [2.05, 4.69) is 5.32 Å². The van der Waals surface area contributed by atoms with Crippen molar-refractivity contribution in [1.29, 1.82) is 0 Å². The molecular formula is C16H17NO3. The fourth-order valence-corrected chi connectivity index (χ4v) is 3.53. The fourth-order valence-electron chi connectivity index (χ4n) is 3.53. The Hall–Kier alpha value is -1.84. The Morgan fingerprint density at radius 3 is 2.75 bits per heavy atom. The lowest BCUT2D eigenvalue weighted by Crippen LogP contribution is -2.34. The molecule has 104 valence electrons. The maximum Gasteiger partial charge on any atom is 0.265 e. The molecule has 1 heterocycles. The summed E-state index contributed by atoms with van der Waals surface area (Å²) in [6, 6.07) is 5.36. The SMILES string of the molecule is CC1Oc2ccc(C(=O)C3CC4CC4C3)cc2NC1=O. The highest BCUT2D eigenvalue weighted by Crippen LogP contribution is 2.55. The van der Waals surface area contributed by atoms with Crippen LogP contribution in [0.4, 0.5) is 5.69 Å². The van der Waals surface area contributed by atoms with Crippen molar-refractivity contribution in [1.82, 2.24) is 0 Å². The molecule has 0 bridgehead atoms. The first-order chi connectivity index (χ1) is 9.61. The Kier molecular flexibility index (Phi) is 2.43. The van der Waals surface area contributed by atoms with Gasteiger partial charge in [-0.1, -0.05) is 0 Å². The lowest BCUT2D eigenvalue weighted by Gasteiger charge is -2.23. The van der Waals surface area contributed by atoms with Gasteiger partial charge in [0.25, 0.3) is 5.91 Å². The minimum atomic E-state index is -0.481. The van der Waals surface area contributed by atoms with Gasteiger partial charge < -0.3 is 10.1 Å². The molecule has 0 saturated heterocycles. The summed E-state index contributed by atoms with van der Waals surface area (Å²) in [7, 11) is 0. The van der Waals surface area contributed by atoms with Gasteiger partial charge in [0.05, 0.1) is 5.69 Å². The molecular weight excluding hydrogens is 254 g/mol. The number of carbonyl (C=O) groups excluding carboxylic acids is 2. The molecule has 2 fully saturated rings. The summed E-state index contributed by atoms with van der Waals surface area (Å²) in [6.45, 7) is 1.71. The van der Waals surface area contributed by atoms with E-state index in [9.17, 15) is 9.59 Å². The van der Waals surface area contributed by atoms with E-state index in [-0.39, 0.29) is 17.6 Å². The number of nitrogens with one attached hydrogen (secondary N) is 1. The third-order valence-electron chi connectivity index (χ3n) is 4.81. The van der Waals surface area contributed by atoms with E-state index in [1.54, 1.807) is 19.1 Å². The molecule has 4 heteroatoms. The molecule has 3 aliphatic rings. The molecule has 0 aromatic heterocycles. The number of benzene rings is 1. The normalized spacial score (nSPS) is 33.8. The molecule has 0 radical (unpaired) electrons. The zero-order valence-corrected chi connectivity index (χ0v) is 11.4. The van der Waals surface area contributed by atoms with Crippen LogP contribution >= 0.6 is 0 Å². The monoisotopic (exact) mass is 271 g/mol. The number of rotatable bonds is 2. The van der Waals surface area contributed by atoms with Crippen LogP contribution in [0.2, 0.25) is 0 Å². The number of amides is 1. The van der Waals surface area contributed by atoms with Crippen LogP contribution in [-0.4, -0.2) is 17.8 Å². The van der Waals surface area contributed by atoms with Crippen molar-refractivity contribution in [2.45, 2.75) is 32.3 Å². The third kappa shape index (κ3) is 1.82. The molecule has 1 N–H and O–H groups in total. The Morgan fingerprint density at radius 2 is 2.00 bits per heavy atom. The summed E-state index contributed by atoms with van der Waals surface area (Å²) in [4.78, 5) is 24.1. The summed E-state index contributed by atoms with van der Waals surface area (Å²) >= 11 is 0. The molecule has 4 nitrogen and oxygen atoms in total. The van der Waals surface area contributed by atoms with Crippen LogP contribution in [0.3, 0.4) is 0 Å². The molecule has 1 amide bonds. The summed E-state index contributed by atoms with van der Waals surface area (Å²) < 4.78 is 5.51. The highest BCUT2D eigenvalue weighted by Gasteiger charge is 2.48. The number of anilines is 1. The van der Waals surface area contributed by atoms with Crippen molar-refractivity contribution in [3.63, 3.8) is 0 Å². The van der Waals surface area contributed by atoms with Crippen molar-refractivity contribution < 1.29 is 14.3 Å². The average Bonchev–Trinajstić information content (AvgIpc) is 3.05. The smallest absolute Gasteiger partial charge is 0.265 e. The minimum Gasteiger partial charge on any atom is -0.479 e. The van der Waals surface area contributed by atoms with E-state index in [1.807, 2.05) is 6.07 Å². The fraction of sp³-hybridized carbons (Fsp3) is 0.500. The van der Waals surface area contributed by atoms with Crippen LogP contribution < -0.4 is 10.1 Å². The Labute approximate surface area is 117 Å². The molecule has 2 saturated carbocycles. The van der Waals surface area contributed by atoms with Gasteiger partial charge in [0.15, 0.2) is 11.9 Å². The maximum atomic E-state index is 12.5. The number of fused-ring (bicyclic) bond motifs is 2. The van der Waals surface area contributed by atoms with Gasteiger partial charge in [0, 0.05) is 11.5 Å². The quantitative estimate of drug-likeness (QED) is 0.841. The van der Waals surface area contributed by atoms with Crippen molar-refractivity contribution in [3.05, 3.63) is 23.8 Å². The summed E-state index contributed by atoms with van der Waals surface area (Å²) in [6.07, 6.45) is 2.92. The number of hydrogen-bond acceptors (Lipinski definition) is 3. The number of carbonyl (C=O) groups is 2. The second kappa shape index (κ2) is 4.08. The molecule has 0 spiro atoms. The number of hydrogen-bond donors (Lipinski definition) is 1. The average molecular weight is 271 g/mol. The molecule has 1 aromatic carbocycles. The van der Waals surface area contributed by atoms with Gasteiger partial charge >= 0.3 is 0 Å². The van der Waals surface area contributed by atoms with E-state index >= 15 is 0 Å². The zero-order chi connectivity index (χ0) is 13.9. The van der Waals surface area contributed by atoms with Crippen LogP contribution in [0.5, 0.6) is 5.75 Å². The first-order valence-electron chi connectivity index (χ1n) is 7.27. The van der Waals surface area contributed by atoms with E-state index in [4.69, 9.17) is 4.74 Å². The van der Waals surface area contributed by atoms with Gasteiger partial charge in [0.2, 0.25) is 0 Å². The predicted molar refractivity (Wildman–Crippen MR) is 73.8 cm³/mol. The van der Waals surface area contributed by atoms with Crippen molar-refractivity contribution in [2.75, 3.05) is 5.32 Å². The van der Waals surface area contributed by atoms with Crippen LogP contribution in [0.1, 0.15) is 36.5 Å². The van der Waals surface area contributed by atoms with Gasteiger partial charge in [-0.25, -0.2) is 0 Å².